The van der Waals surface area contributed by atoms with E-state index < -0.39 is 12.1 Å². The fourth-order valence-corrected chi connectivity index (χ4v) is 3.16. The van der Waals surface area contributed by atoms with Crippen molar-refractivity contribution in [1.29, 1.82) is 0 Å². The minimum absolute atomic E-state index is 0.114. The average molecular weight is 391 g/mol. The van der Waals surface area contributed by atoms with Crippen molar-refractivity contribution in [3.63, 3.8) is 0 Å². The van der Waals surface area contributed by atoms with Crippen molar-refractivity contribution >= 4 is 22.8 Å². The number of carbonyl (C=O) groups is 2. The monoisotopic (exact) mass is 391 g/mol. The molecule has 29 heavy (non-hydrogen) atoms. The maximum Gasteiger partial charge on any atom is 0.342 e. The zero-order valence-electron chi connectivity index (χ0n) is 16.2. The summed E-state index contributed by atoms with van der Waals surface area (Å²) in [6.07, 6.45) is 0.953. The topological polar surface area (TPSA) is 85.6 Å². The third kappa shape index (κ3) is 3.78. The van der Waals surface area contributed by atoms with Crippen LogP contribution in [0.5, 0.6) is 0 Å². The van der Waals surface area contributed by atoms with Crippen LogP contribution >= 0.6 is 0 Å². The number of nitrogens with one attached hydrogen (secondary N) is 1. The highest BCUT2D eigenvalue weighted by atomic mass is 16.5. The van der Waals surface area contributed by atoms with Crippen molar-refractivity contribution in [2.24, 2.45) is 0 Å². The van der Waals surface area contributed by atoms with Crippen LogP contribution in [0, 0.1) is 6.92 Å². The smallest absolute Gasteiger partial charge is 0.342 e. The molecule has 0 radical (unpaired) electrons. The Kier molecular flexibility index (Phi) is 4.92. The summed E-state index contributed by atoms with van der Waals surface area (Å²) in [6.45, 7) is 3.22. The molecule has 1 fully saturated rings. The molecule has 2 aromatic carbocycles. The third-order valence-electron chi connectivity index (χ3n) is 4.98. The predicted molar refractivity (Wildman–Crippen MR) is 109 cm³/mol. The Morgan fingerprint density at radius 1 is 1.10 bits per heavy atom. The van der Waals surface area contributed by atoms with Crippen molar-refractivity contribution < 1.29 is 18.7 Å². The number of esters is 1. The Bertz CT molecular complexity index is 1150. The molecule has 1 atom stereocenters. The Balaban J connectivity index is 1.72. The van der Waals surface area contributed by atoms with E-state index in [1.165, 1.54) is 13.0 Å². The molecule has 6 heteroatoms. The van der Waals surface area contributed by atoms with E-state index >= 15 is 0 Å². The molecule has 0 spiro atoms. The summed E-state index contributed by atoms with van der Waals surface area (Å²) in [5.41, 5.74) is 1.26. The van der Waals surface area contributed by atoms with Crippen LogP contribution in [0.3, 0.4) is 0 Å². The van der Waals surface area contributed by atoms with Gasteiger partial charge in [-0.3, -0.25) is 9.59 Å². The number of amides is 1. The van der Waals surface area contributed by atoms with Gasteiger partial charge in [0.05, 0.1) is 5.39 Å². The second-order valence-electron chi connectivity index (χ2n) is 7.26. The lowest BCUT2D eigenvalue weighted by atomic mass is 10.0. The van der Waals surface area contributed by atoms with Crippen LogP contribution < -0.4 is 10.7 Å². The van der Waals surface area contributed by atoms with Crippen molar-refractivity contribution in [2.45, 2.75) is 38.8 Å². The molecule has 1 N–H and O–H groups in total. The van der Waals surface area contributed by atoms with Gasteiger partial charge in [0, 0.05) is 17.2 Å². The van der Waals surface area contributed by atoms with E-state index in [1.807, 2.05) is 30.3 Å². The number of carbonyl (C=O) groups excluding carboxylic acids is 2. The van der Waals surface area contributed by atoms with E-state index in [2.05, 4.69) is 5.32 Å². The molecule has 0 saturated heterocycles. The summed E-state index contributed by atoms with van der Waals surface area (Å²) in [6, 6.07) is 14.2. The van der Waals surface area contributed by atoms with Gasteiger partial charge in [-0.1, -0.05) is 36.4 Å². The van der Waals surface area contributed by atoms with E-state index in [0.29, 0.717) is 16.7 Å². The molecule has 6 nitrogen and oxygen atoms in total. The summed E-state index contributed by atoms with van der Waals surface area (Å²) >= 11 is 0. The summed E-state index contributed by atoms with van der Waals surface area (Å²) in [7, 11) is 0. The normalized spacial score (nSPS) is 14.4. The van der Waals surface area contributed by atoms with Crippen LogP contribution in [-0.4, -0.2) is 24.0 Å². The molecule has 0 aliphatic heterocycles. The first kappa shape index (κ1) is 18.9. The fourth-order valence-electron chi connectivity index (χ4n) is 3.16. The van der Waals surface area contributed by atoms with Gasteiger partial charge in [0.25, 0.3) is 5.91 Å². The van der Waals surface area contributed by atoms with Gasteiger partial charge in [-0.2, -0.15) is 0 Å². The molecule has 0 unspecified atom stereocenters. The summed E-state index contributed by atoms with van der Waals surface area (Å²) in [4.78, 5) is 37.7. The lowest BCUT2D eigenvalue weighted by Gasteiger charge is -2.14. The van der Waals surface area contributed by atoms with Crippen LogP contribution in [0.25, 0.3) is 22.3 Å². The molecule has 148 valence electrons. The minimum atomic E-state index is -0.941. The highest BCUT2D eigenvalue weighted by molar-refractivity contribution is 6.03. The largest absolute Gasteiger partial charge is 0.455 e. The zero-order chi connectivity index (χ0) is 20.5. The van der Waals surface area contributed by atoms with Gasteiger partial charge in [0.2, 0.25) is 0 Å². The van der Waals surface area contributed by atoms with Crippen molar-refractivity contribution in [3.05, 3.63) is 69.9 Å². The van der Waals surface area contributed by atoms with E-state index in [-0.39, 0.29) is 28.5 Å². The van der Waals surface area contributed by atoms with Gasteiger partial charge in [-0.25, -0.2) is 4.79 Å². The van der Waals surface area contributed by atoms with E-state index in [4.69, 9.17) is 9.15 Å². The molecular weight excluding hydrogens is 370 g/mol. The quantitative estimate of drug-likeness (QED) is 0.672. The van der Waals surface area contributed by atoms with Gasteiger partial charge >= 0.3 is 5.97 Å². The number of hydrogen-bond acceptors (Lipinski definition) is 5. The Morgan fingerprint density at radius 2 is 1.83 bits per heavy atom. The SMILES string of the molecule is Cc1c(-c2ccccc2)oc2c(C(=O)O[C@H](C)C(=O)NC3CC3)cccc2c1=O. The first-order valence-corrected chi connectivity index (χ1v) is 9.59. The van der Waals surface area contributed by atoms with Gasteiger partial charge < -0.3 is 14.5 Å². The highest BCUT2D eigenvalue weighted by Crippen LogP contribution is 2.27. The van der Waals surface area contributed by atoms with Crippen LogP contribution in [-0.2, 0) is 9.53 Å². The van der Waals surface area contributed by atoms with Crippen LogP contribution in [0.4, 0.5) is 0 Å². The number of para-hydroxylation sites is 1. The van der Waals surface area contributed by atoms with Gasteiger partial charge in [0.1, 0.15) is 11.3 Å². The minimum Gasteiger partial charge on any atom is -0.455 e. The average Bonchev–Trinajstić information content (AvgIpc) is 3.54. The molecule has 0 bridgehead atoms. The zero-order valence-corrected chi connectivity index (χ0v) is 16.2. The lowest BCUT2D eigenvalue weighted by molar-refractivity contribution is -0.129. The second-order valence-corrected chi connectivity index (χ2v) is 7.26. The molecule has 1 amide bonds. The number of benzene rings is 2. The molecule has 3 aromatic rings. The molecule has 1 aromatic heterocycles. The number of hydrogen-bond donors (Lipinski definition) is 1. The summed E-state index contributed by atoms with van der Waals surface area (Å²) in [5, 5.41) is 3.10. The van der Waals surface area contributed by atoms with Crippen LogP contribution in [0.15, 0.2) is 57.7 Å². The van der Waals surface area contributed by atoms with Crippen molar-refractivity contribution in [1.82, 2.24) is 5.32 Å². The van der Waals surface area contributed by atoms with E-state index in [1.54, 1.807) is 19.1 Å². The van der Waals surface area contributed by atoms with Crippen LogP contribution in [0.1, 0.15) is 35.7 Å². The van der Waals surface area contributed by atoms with E-state index in [0.717, 1.165) is 18.4 Å². The van der Waals surface area contributed by atoms with Crippen molar-refractivity contribution in [3.8, 4) is 11.3 Å². The Morgan fingerprint density at radius 3 is 2.52 bits per heavy atom. The molecular formula is C23H21NO5. The first-order chi connectivity index (χ1) is 14.0. The molecule has 1 aliphatic carbocycles. The molecule has 1 heterocycles. The second kappa shape index (κ2) is 7.54. The number of ether oxygens (including phenoxy) is 1. The van der Waals surface area contributed by atoms with Crippen molar-refractivity contribution in [2.75, 3.05) is 0 Å². The highest BCUT2D eigenvalue weighted by Gasteiger charge is 2.28. The Hall–Kier alpha value is -3.41. The van der Waals surface area contributed by atoms with Gasteiger partial charge in [-0.05, 0) is 38.8 Å². The molecule has 4 rings (SSSR count). The third-order valence-corrected chi connectivity index (χ3v) is 4.98. The summed E-state index contributed by atoms with van der Waals surface area (Å²) < 4.78 is 11.4. The predicted octanol–water partition coefficient (Wildman–Crippen LogP) is 3.59. The lowest BCUT2D eigenvalue weighted by Crippen LogP contribution is -2.37. The Labute approximate surface area is 167 Å². The number of fused-ring (bicyclic) bond motifs is 1. The van der Waals surface area contributed by atoms with Gasteiger partial charge in [0.15, 0.2) is 17.1 Å². The standard InChI is InChI=1S/C23H21NO5/c1-13-19(25)17-9-6-10-18(21(17)29-20(13)15-7-4-3-5-8-15)23(27)28-14(2)22(26)24-16-11-12-16/h3-10,14,16H,11-12H2,1-2H3,(H,24,26)/t14-/m1/s1. The molecule has 1 saturated carbocycles. The molecule has 1 aliphatic rings. The maximum atomic E-state index is 12.9. The van der Waals surface area contributed by atoms with Gasteiger partial charge in [-0.15, -0.1) is 0 Å². The summed E-state index contributed by atoms with van der Waals surface area (Å²) in [5.74, 6) is -0.633. The fraction of sp³-hybridized carbons (Fsp3) is 0.261. The maximum absolute atomic E-state index is 12.9. The number of rotatable bonds is 5. The van der Waals surface area contributed by atoms with E-state index in [9.17, 15) is 14.4 Å². The van der Waals surface area contributed by atoms with Crippen LogP contribution in [0.2, 0.25) is 0 Å². The first-order valence-electron chi connectivity index (χ1n) is 9.59.